The van der Waals surface area contributed by atoms with Gasteiger partial charge in [0.25, 0.3) is 5.56 Å². The summed E-state index contributed by atoms with van der Waals surface area (Å²) in [6.07, 6.45) is 1.75. The highest BCUT2D eigenvalue weighted by Crippen LogP contribution is 2.22. The quantitative estimate of drug-likeness (QED) is 0.895. The molecule has 2 rings (SSSR count). The third kappa shape index (κ3) is 2.32. The normalized spacial score (nSPS) is 24.9. The van der Waals surface area contributed by atoms with Crippen molar-refractivity contribution in [2.24, 2.45) is 0 Å². The van der Waals surface area contributed by atoms with Gasteiger partial charge in [-0.3, -0.25) is 4.79 Å². The maximum atomic E-state index is 14.1. The van der Waals surface area contributed by atoms with E-state index in [1.807, 2.05) is 0 Å². The van der Waals surface area contributed by atoms with Gasteiger partial charge in [-0.2, -0.15) is 0 Å². The lowest BCUT2D eigenvalue weighted by Crippen LogP contribution is -2.36. The Morgan fingerprint density at radius 1 is 1.62 bits per heavy atom. The Morgan fingerprint density at radius 2 is 2.38 bits per heavy atom. The number of pyridine rings is 1. The van der Waals surface area contributed by atoms with Crippen LogP contribution in [-0.4, -0.2) is 23.3 Å². The van der Waals surface area contributed by atoms with E-state index in [1.165, 1.54) is 6.20 Å². The SMILES string of the molecule is O=c1c(F)cc(Br)cn1CC1(F)CCNC1. The van der Waals surface area contributed by atoms with E-state index in [4.69, 9.17) is 0 Å². The minimum atomic E-state index is -1.46. The maximum Gasteiger partial charge on any atom is 0.286 e. The molecule has 0 radical (unpaired) electrons. The van der Waals surface area contributed by atoms with Gasteiger partial charge in [0.1, 0.15) is 5.67 Å². The Kier molecular flexibility index (Phi) is 3.12. The van der Waals surface area contributed by atoms with E-state index in [0.29, 0.717) is 17.4 Å². The Bertz CT molecular complexity index is 455. The molecule has 1 aromatic rings. The first-order chi connectivity index (χ1) is 7.50. The molecule has 0 spiro atoms. The van der Waals surface area contributed by atoms with Gasteiger partial charge in [-0.25, -0.2) is 8.78 Å². The van der Waals surface area contributed by atoms with E-state index in [9.17, 15) is 13.6 Å². The highest BCUT2D eigenvalue weighted by atomic mass is 79.9. The van der Waals surface area contributed by atoms with Crippen LogP contribution in [0.1, 0.15) is 6.42 Å². The minimum Gasteiger partial charge on any atom is -0.313 e. The molecule has 1 unspecified atom stereocenters. The number of rotatable bonds is 2. The summed E-state index contributed by atoms with van der Waals surface area (Å²) < 4.78 is 28.7. The summed E-state index contributed by atoms with van der Waals surface area (Å²) in [6, 6.07) is 1.08. The standard InChI is InChI=1S/C10H11BrF2N2O/c11-7-3-8(12)9(16)15(4-7)6-10(13)1-2-14-5-10/h3-4,14H,1-2,5-6H2. The first kappa shape index (κ1) is 11.7. The third-order valence-electron chi connectivity index (χ3n) is 2.65. The minimum absolute atomic E-state index is 0.116. The number of hydrogen-bond donors (Lipinski definition) is 1. The molecule has 0 aromatic carbocycles. The third-order valence-corrected chi connectivity index (χ3v) is 3.09. The molecule has 1 fully saturated rings. The van der Waals surface area contributed by atoms with Crippen molar-refractivity contribution < 1.29 is 8.78 Å². The van der Waals surface area contributed by atoms with Crippen LogP contribution >= 0.6 is 15.9 Å². The summed E-state index contributed by atoms with van der Waals surface area (Å²) >= 11 is 3.08. The fraction of sp³-hybridized carbons (Fsp3) is 0.500. The molecule has 1 aromatic heterocycles. The Morgan fingerprint density at radius 3 is 3.00 bits per heavy atom. The predicted molar refractivity (Wildman–Crippen MR) is 59.7 cm³/mol. The molecule has 1 N–H and O–H groups in total. The van der Waals surface area contributed by atoms with Gasteiger partial charge in [0.2, 0.25) is 0 Å². The summed E-state index contributed by atoms with van der Waals surface area (Å²) in [5.74, 6) is -0.871. The van der Waals surface area contributed by atoms with Gasteiger partial charge in [-0.1, -0.05) is 0 Å². The Hall–Kier alpha value is -0.750. The van der Waals surface area contributed by atoms with Crippen LogP contribution in [0.15, 0.2) is 21.5 Å². The zero-order valence-corrected chi connectivity index (χ0v) is 10.1. The molecule has 88 valence electrons. The van der Waals surface area contributed by atoms with Gasteiger partial charge in [0.15, 0.2) is 5.82 Å². The highest BCUT2D eigenvalue weighted by molar-refractivity contribution is 9.10. The molecule has 16 heavy (non-hydrogen) atoms. The van der Waals surface area contributed by atoms with Crippen LogP contribution in [0.5, 0.6) is 0 Å². The van der Waals surface area contributed by atoms with Gasteiger partial charge in [0.05, 0.1) is 6.54 Å². The fourth-order valence-corrected chi connectivity index (χ4v) is 2.28. The summed E-state index contributed by atoms with van der Waals surface area (Å²) in [5.41, 5.74) is -2.25. The molecule has 6 heteroatoms. The van der Waals surface area contributed by atoms with Crippen LogP contribution < -0.4 is 10.9 Å². The van der Waals surface area contributed by atoms with Crippen molar-refractivity contribution in [1.29, 1.82) is 0 Å². The van der Waals surface area contributed by atoms with Crippen molar-refractivity contribution in [3.63, 3.8) is 0 Å². The first-order valence-corrected chi connectivity index (χ1v) is 5.75. The van der Waals surface area contributed by atoms with Crippen molar-refractivity contribution in [3.8, 4) is 0 Å². The second kappa shape index (κ2) is 4.25. The van der Waals surface area contributed by atoms with Gasteiger partial charge >= 0.3 is 0 Å². The van der Waals surface area contributed by atoms with Crippen molar-refractivity contribution in [1.82, 2.24) is 9.88 Å². The van der Waals surface area contributed by atoms with Crippen molar-refractivity contribution in [2.75, 3.05) is 13.1 Å². The number of alkyl halides is 1. The largest absolute Gasteiger partial charge is 0.313 e. The molecule has 2 heterocycles. The van der Waals surface area contributed by atoms with Crippen LogP contribution in [0, 0.1) is 5.82 Å². The molecule has 0 amide bonds. The van der Waals surface area contributed by atoms with E-state index in [0.717, 1.165) is 10.6 Å². The zero-order valence-electron chi connectivity index (χ0n) is 8.47. The van der Waals surface area contributed by atoms with Crippen LogP contribution in [-0.2, 0) is 6.54 Å². The number of hydrogen-bond acceptors (Lipinski definition) is 2. The maximum absolute atomic E-state index is 14.1. The Balaban J connectivity index is 2.31. The molecular formula is C10H11BrF2N2O. The second-order valence-electron chi connectivity index (χ2n) is 4.02. The molecule has 1 saturated heterocycles. The summed E-state index contributed by atoms with van der Waals surface area (Å²) in [5, 5.41) is 2.89. The monoisotopic (exact) mass is 292 g/mol. The summed E-state index contributed by atoms with van der Waals surface area (Å²) in [7, 11) is 0. The number of nitrogens with one attached hydrogen (secondary N) is 1. The van der Waals surface area contributed by atoms with Crippen molar-refractivity contribution in [2.45, 2.75) is 18.6 Å². The average molecular weight is 293 g/mol. The Labute approximate surface area is 99.6 Å². The number of halogens is 3. The van der Waals surface area contributed by atoms with Crippen molar-refractivity contribution >= 4 is 15.9 Å². The second-order valence-corrected chi connectivity index (χ2v) is 4.93. The lowest BCUT2D eigenvalue weighted by Gasteiger charge is -2.19. The molecule has 1 aliphatic heterocycles. The zero-order chi connectivity index (χ0) is 11.8. The topological polar surface area (TPSA) is 34.0 Å². The van der Waals surface area contributed by atoms with E-state index < -0.39 is 17.0 Å². The summed E-state index contributed by atoms with van der Waals surface area (Å²) in [6.45, 7) is 0.671. The van der Waals surface area contributed by atoms with Crippen LogP contribution in [0.3, 0.4) is 0 Å². The van der Waals surface area contributed by atoms with Gasteiger partial charge in [-0.05, 0) is 35.0 Å². The predicted octanol–water partition coefficient (Wildman–Crippen LogP) is 1.45. The van der Waals surface area contributed by atoms with Gasteiger partial charge < -0.3 is 9.88 Å². The number of nitrogens with zero attached hydrogens (tertiary/aromatic N) is 1. The van der Waals surface area contributed by atoms with Gasteiger partial charge in [-0.15, -0.1) is 0 Å². The van der Waals surface area contributed by atoms with Gasteiger partial charge in [0, 0.05) is 17.2 Å². The molecule has 1 aliphatic rings. The molecular weight excluding hydrogens is 282 g/mol. The van der Waals surface area contributed by atoms with E-state index in [-0.39, 0.29) is 13.1 Å². The first-order valence-electron chi connectivity index (χ1n) is 4.95. The van der Waals surface area contributed by atoms with E-state index in [1.54, 1.807) is 0 Å². The molecule has 3 nitrogen and oxygen atoms in total. The van der Waals surface area contributed by atoms with Crippen LogP contribution in [0.2, 0.25) is 0 Å². The smallest absolute Gasteiger partial charge is 0.286 e. The van der Waals surface area contributed by atoms with Crippen LogP contribution in [0.4, 0.5) is 8.78 Å². The fourth-order valence-electron chi connectivity index (χ4n) is 1.84. The van der Waals surface area contributed by atoms with Crippen LogP contribution in [0.25, 0.3) is 0 Å². The number of aromatic nitrogens is 1. The molecule has 0 bridgehead atoms. The molecule has 0 saturated carbocycles. The average Bonchev–Trinajstić information content (AvgIpc) is 2.61. The lowest BCUT2D eigenvalue weighted by molar-refractivity contribution is 0.159. The summed E-state index contributed by atoms with van der Waals surface area (Å²) in [4.78, 5) is 11.4. The molecule has 0 aliphatic carbocycles. The van der Waals surface area contributed by atoms with Crippen molar-refractivity contribution in [3.05, 3.63) is 32.9 Å². The highest BCUT2D eigenvalue weighted by Gasteiger charge is 2.34. The van der Waals surface area contributed by atoms with E-state index >= 15 is 0 Å². The molecule has 1 atom stereocenters. The lowest BCUT2D eigenvalue weighted by atomic mass is 10.1. The van der Waals surface area contributed by atoms with E-state index in [2.05, 4.69) is 21.2 Å².